The third-order valence-corrected chi connectivity index (χ3v) is 4.92. The Bertz CT molecular complexity index is 1020. The number of methoxy groups -OCH3 is 1. The van der Waals surface area contributed by atoms with Crippen molar-refractivity contribution in [1.29, 1.82) is 0 Å². The number of nitrogens with zero attached hydrogens (tertiary/aromatic N) is 1. The predicted molar refractivity (Wildman–Crippen MR) is 117 cm³/mol. The van der Waals surface area contributed by atoms with Crippen LogP contribution in [-0.2, 0) is 6.54 Å². The number of para-hydroxylation sites is 2. The third kappa shape index (κ3) is 4.17. The topological polar surface area (TPSA) is 60.0 Å². The number of nitrogens with one attached hydrogen (secondary N) is 1. The molecular formula is C24H24N2O4. The molecule has 1 amide bonds. The first-order valence-electron chi connectivity index (χ1n) is 9.79. The molecule has 1 aliphatic heterocycles. The van der Waals surface area contributed by atoms with Crippen molar-refractivity contribution in [2.45, 2.75) is 6.54 Å². The van der Waals surface area contributed by atoms with Gasteiger partial charge in [0.25, 0.3) is 5.91 Å². The van der Waals surface area contributed by atoms with Crippen molar-refractivity contribution < 1.29 is 19.0 Å². The molecule has 0 saturated heterocycles. The van der Waals surface area contributed by atoms with Crippen molar-refractivity contribution in [3.05, 3.63) is 77.9 Å². The second kappa shape index (κ2) is 8.78. The van der Waals surface area contributed by atoms with Crippen LogP contribution in [0.15, 0.2) is 66.7 Å². The van der Waals surface area contributed by atoms with Gasteiger partial charge in [0.05, 0.1) is 18.5 Å². The van der Waals surface area contributed by atoms with Crippen molar-refractivity contribution in [3.63, 3.8) is 0 Å². The smallest absolute Gasteiger partial charge is 0.255 e. The van der Waals surface area contributed by atoms with Gasteiger partial charge in [0.2, 0.25) is 5.75 Å². The minimum Gasteiger partial charge on any atom is -0.493 e. The molecule has 154 valence electrons. The van der Waals surface area contributed by atoms with Gasteiger partial charge in [0.15, 0.2) is 11.5 Å². The molecule has 0 radical (unpaired) electrons. The summed E-state index contributed by atoms with van der Waals surface area (Å²) >= 11 is 0. The number of amides is 1. The van der Waals surface area contributed by atoms with E-state index >= 15 is 0 Å². The molecule has 1 N–H and O–H groups in total. The first-order chi connectivity index (χ1) is 14.7. The second-order valence-electron chi connectivity index (χ2n) is 7.02. The molecule has 6 heteroatoms. The molecule has 1 heterocycles. The number of carbonyl (C=O) groups excluding carboxylic acids is 1. The third-order valence-electron chi connectivity index (χ3n) is 4.92. The van der Waals surface area contributed by atoms with Crippen LogP contribution in [0, 0.1) is 0 Å². The van der Waals surface area contributed by atoms with E-state index < -0.39 is 0 Å². The Morgan fingerprint density at radius 1 is 1.03 bits per heavy atom. The number of carbonyl (C=O) groups is 1. The van der Waals surface area contributed by atoms with Crippen LogP contribution in [0.1, 0.15) is 15.9 Å². The summed E-state index contributed by atoms with van der Waals surface area (Å²) < 4.78 is 16.6. The van der Waals surface area contributed by atoms with Gasteiger partial charge < -0.3 is 24.4 Å². The monoisotopic (exact) mass is 404 g/mol. The number of hydrogen-bond donors (Lipinski definition) is 1. The van der Waals surface area contributed by atoms with Gasteiger partial charge in [-0.15, -0.1) is 0 Å². The zero-order valence-electron chi connectivity index (χ0n) is 17.1. The van der Waals surface area contributed by atoms with Gasteiger partial charge in [-0.2, -0.15) is 0 Å². The Labute approximate surface area is 176 Å². The van der Waals surface area contributed by atoms with Gasteiger partial charge in [-0.3, -0.25) is 4.79 Å². The van der Waals surface area contributed by atoms with Gasteiger partial charge in [0, 0.05) is 19.2 Å². The van der Waals surface area contributed by atoms with Crippen LogP contribution in [-0.4, -0.2) is 33.3 Å². The maximum atomic E-state index is 13.0. The zero-order valence-corrected chi connectivity index (χ0v) is 17.1. The second-order valence-corrected chi connectivity index (χ2v) is 7.02. The highest BCUT2D eigenvalue weighted by Gasteiger charge is 2.21. The Kier molecular flexibility index (Phi) is 5.75. The Hall–Kier alpha value is -3.67. The summed E-state index contributed by atoms with van der Waals surface area (Å²) in [5, 5.41) is 3.02. The van der Waals surface area contributed by atoms with Crippen LogP contribution in [0.3, 0.4) is 0 Å². The molecule has 0 bridgehead atoms. The van der Waals surface area contributed by atoms with E-state index in [9.17, 15) is 4.79 Å². The number of benzene rings is 3. The van der Waals surface area contributed by atoms with Crippen LogP contribution < -0.4 is 24.4 Å². The Morgan fingerprint density at radius 2 is 1.77 bits per heavy atom. The van der Waals surface area contributed by atoms with Gasteiger partial charge in [0.1, 0.15) is 13.2 Å². The van der Waals surface area contributed by atoms with E-state index in [2.05, 4.69) is 22.3 Å². The van der Waals surface area contributed by atoms with Crippen molar-refractivity contribution >= 4 is 17.3 Å². The minimum atomic E-state index is -0.245. The number of hydrogen-bond acceptors (Lipinski definition) is 5. The lowest BCUT2D eigenvalue weighted by molar-refractivity contribution is 0.102. The number of ether oxygens (including phenoxy) is 3. The highest BCUT2D eigenvalue weighted by molar-refractivity contribution is 6.06. The summed E-state index contributed by atoms with van der Waals surface area (Å²) in [6, 6.07) is 21.3. The van der Waals surface area contributed by atoms with Crippen molar-refractivity contribution in [2.75, 3.05) is 37.6 Å². The van der Waals surface area contributed by atoms with E-state index in [0.717, 1.165) is 17.9 Å². The highest BCUT2D eigenvalue weighted by atomic mass is 16.6. The Morgan fingerprint density at radius 3 is 2.57 bits per heavy atom. The van der Waals surface area contributed by atoms with Gasteiger partial charge >= 0.3 is 0 Å². The lowest BCUT2D eigenvalue weighted by Crippen LogP contribution is -2.21. The largest absolute Gasteiger partial charge is 0.493 e. The fraction of sp³-hybridized carbons (Fsp3) is 0.208. The summed E-state index contributed by atoms with van der Waals surface area (Å²) in [5.41, 5.74) is 3.29. The van der Waals surface area contributed by atoms with Crippen LogP contribution in [0.2, 0.25) is 0 Å². The molecule has 0 unspecified atom stereocenters. The van der Waals surface area contributed by atoms with E-state index in [1.165, 1.54) is 5.56 Å². The van der Waals surface area contributed by atoms with E-state index in [1.807, 2.05) is 49.5 Å². The van der Waals surface area contributed by atoms with Gasteiger partial charge in [-0.05, 0) is 29.8 Å². The van der Waals surface area contributed by atoms with Crippen LogP contribution >= 0.6 is 0 Å². The molecule has 6 nitrogen and oxygen atoms in total. The standard InChI is InChI=1S/C24H24N2O4/c1-26(16-17-8-4-3-5-9-17)20-11-7-6-10-19(20)25-24(27)18-14-21(28-2)23-22(15-18)29-12-13-30-23/h3-11,14-15H,12-13,16H2,1-2H3,(H,25,27). The molecule has 30 heavy (non-hydrogen) atoms. The van der Waals surface area contributed by atoms with Crippen LogP contribution in [0.5, 0.6) is 17.2 Å². The molecule has 3 aromatic carbocycles. The molecule has 0 fully saturated rings. The summed E-state index contributed by atoms with van der Waals surface area (Å²) in [6.07, 6.45) is 0. The lowest BCUT2D eigenvalue weighted by atomic mass is 10.1. The van der Waals surface area contributed by atoms with Gasteiger partial charge in [-0.1, -0.05) is 42.5 Å². The van der Waals surface area contributed by atoms with Crippen LogP contribution in [0.25, 0.3) is 0 Å². The maximum Gasteiger partial charge on any atom is 0.255 e. The molecule has 1 aliphatic rings. The average Bonchev–Trinajstić information content (AvgIpc) is 2.79. The normalized spacial score (nSPS) is 12.2. The quantitative estimate of drug-likeness (QED) is 0.662. The molecule has 0 spiro atoms. The van der Waals surface area contributed by atoms with Crippen LogP contribution in [0.4, 0.5) is 11.4 Å². The van der Waals surface area contributed by atoms with E-state index in [4.69, 9.17) is 14.2 Å². The van der Waals surface area contributed by atoms with Crippen molar-refractivity contribution in [2.24, 2.45) is 0 Å². The van der Waals surface area contributed by atoms with Crippen molar-refractivity contribution in [3.8, 4) is 17.2 Å². The maximum absolute atomic E-state index is 13.0. The predicted octanol–water partition coefficient (Wildman–Crippen LogP) is 4.36. The summed E-state index contributed by atoms with van der Waals surface area (Å²) in [4.78, 5) is 15.1. The van der Waals surface area contributed by atoms with E-state index in [1.54, 1.807) is 19.2 Å². The SMILES string of the molecule is COc1cc(C(=O)Nc2ccccc2N(C)Cc2ccccc2)cc2c1OCCO2. The summed E-state index contributed by atoms with van der Waals surface area (Å²) in [5.74, 6) is 1.28. The zero-order chi connectivity index (χ0) is 20.9. The fourth-order valence-corrected chi connectivity index (χ4v) is 3.45. The Balaban J connectivity index is 1.57. The molecular weight excluding hydrogens is 380 g/mol. The molecule has 0 saturated carbocycles. The first kappa shape index (κ1) is 19.6. The molecule has 3 aromatic rings. The average molecular weight is 404 g/mol. The molecule has 0 atom stereocenters. The summed E-state index contributed by atoms with van der Waals surface area (Å²) in [6.45, 7) is 1.62. The molecule has 0 aromatic heterocycles. The number of rotatable bonds is 6. The fourth-order valence-electron chi connectivity index (χ4n) is 3.45. The number of anilines is 2. The minimum absolute atomic E-state index is 0.245. The lowest BCUT2D eigenvalue weighted by Gasteiger charge is -2.23. The van der Waals surface area contributed by atoms with Crippen molar-refractivity contribution in [1.82, 2.24) is 0 Å². The number of fused-ring (bicyclic) bond motifs is 1. The molecule has 0 aliphatic carbocycles. The molecule has 4 rings (SSSR count). The highest BCUT2D eigenvalue weighted by Crippen LogP contribution is 2.40. The van der Waals surface area contributed by atoms with Gasteiger partial charge in [-0.25, -0.2) is 0 Å². The summed E-state index contributed by atoms with van der Waals surface area (Å²) in [7, 11) is 3.55. The van der Waals surface area contributed by atoms with E-state index in [-0.39, 0.29) is 5.91 Å². The van der Waals surface area contributed by atoms with E-state index in [0.29, 0.717) is 36.0 Å². The first-order valence-corrected chi connectivity index (χ1v) is 9.79.